The van der Waals surface area contributed by atoms with E-state index < -0.39 is 0 Å². The number of fused-ring (bicyclic) bond motifs is 2. The van der Waals surface area contributed by atoms with Gasteiger partial charge in [0.15, 0.2) is 0 Å². The molecule has 1 N–H and O–H groups in total. The van der Waals surface area contributed by atoms with Gasteiger partial charge in [-0.1, -0.05) is 12.1 Å². The fourth-order valence-electron chi connectivity index (χ4n) is 4.91. The topological polar surface area (TPSA) is 27.7 Å². The molecule has 0 aliphatic carbocycles. The molecule has 0 radical (unpaired) electrons. The van der Waals surface area contributed by atoms with Crippen LogP contribution in [0.5, 0.6) is 5.75 Å². The van der Waals surface area contributed by atoms with Gasteiger partial charge in [0.05, 0.1) is 12.8 Å². The summed E-state index contributed by atoms with van der Waals surface area (Å²) in [5, 5.41) is 3.63. The van der Waals surface area contributed by atoms with Crippen molar-refractivity contribution in [2.24, 2.45) is 0 Å². The zero-order valence-corrected chi connectivity index (χ0v) is 14.2. The number of hydrogen-bond donors (Lipinski definition) is 1. The molecular weight excluding hydrogens is 286 g/mol. The van der Waals surface area contributed by atoms with Gasteiger partial charge in [-0.05, 0) is 50.8 Å². The van der Waals surface area contributed by atoms with Gasteiger partial charge in [-0.3, -0.25) is 4.90 Å². The molecule has 0 unspecified atom stereocenters. The Morgan fingerprint density at radius 3 is 2.52 bits per heavy atom. The van der Waals surface area contributed by atoms with Crippen molar-refractivity contribution in [1.29, 1.82) is 0 Å². The number of rotatable bonds is 3. The van der Waals surface area contributed by atoms with Crippen molar-refractivity contribution in [3.63, 3.8) is 0 Å². The standard InChI is InChI=1S/C19H29N3O/c1-23-19-5-3-2-4-18(19)21-12-9-16(10-13-21)22-15-6-7-17(22)14-20-11-8-15/h2-5,15-17,20H,6-14H2,1H3/t15-,17+/m1/s1. The van der Waals surface area contributed by atoms with Crippen molar-refractivity contribution in [1.82, 2.24) is 10.2 Å². The maximum absolute atomic E-state index is 5.54. The molecule has 3 aliphatic rings. The Morgan fingerprint density at radius 2 is 1.70 bits per heavy atom. The summed E-state index contributed by atoms with van der Waals surface area (Å²) in [6, 6.07) is 10.8. The molecule has 3 saturated heterocycles. The molecule has 1 aromatic carbocycles. The zero-order chi connectivity index (χ0) is 15.6. The maximum Gasteiger partial charge on any atom is 0.142 e. The van der Waals surface area contributed by atoms with Crippen molar-refractivity contribution < 1.29 is 4.74 Å². The van der Waals surface area contributed by atoms with E-state index in [1.807, 2.05) is 0 Å². The summed E-state index contributed by atoms with van der Waals surface area (Å²) in [7, 11) is 1.77. The zero-order valence-electron chi connectivity index (χ0n) is 14.2. The molecule has 0 spiro atoms. The van der Waals surface area contributed by atoms with Gasteiger partial charge in [-0.25, -0.2) is 0 Å². The Balaban J connectivity index is 1.43. The number of nitrogens with one attached hydrogen (secondary N) is 1. The molecule has 0 aromatic heterocycles. The smallest absolute Gasteiger partial charge is 0.142 e. The number of methoxy groups -OCH3 is 1. The molecule has 4 rings (SSSR count). The molecule has 3 aliphatic heterocycles. The first-order chi connectivity index (χ1) is 11.4. The summed E-state index contributed by atoms with van der Waals surface area (Å²) in [5.74, 6) is 1.00. The number of anilines is 1. The third-order valence-corrected chi connectivity index (χ3v) is 6.02. The largest absolute Gasteiger partial charge is 0.495 e. The quantitative estimate of drug-likeness (QED) is 0.927. The monoisotopic (exact) mass is 315 g/mol. The minimum Gasteiger partial charge on any atom is -0.495 e. The lowest BCUT2D eigenvalue weighted by Gasteiger charge is -2.42. The van der Waals surface area contributed by atoms with E-state index in [4.69, 9.17) is 4.74 Å². The van der Waals surface area contributed by atoms with Gasteiger partial charge in [0.25, 0.3) is 0 Å². The molecule has 3 heterocycles. The van der Waals surface area contributed by atoms with Crippen LogP contribution in [0.25, 0.3) is 0 Å². The third-order valence-electron chi connectivity index (χ3n) is 6.02. The molecule has 3 fully saturated rings. The van der Waals surface area contributed by atoms with Crippen molar-refractivity contribution in [2.45, 2.75) is 50.2 Å². The molecule has 0 saturated carbocycles. The van der Waals surface area contributed by atoms with Gasteiger partial charge in [0.1, 0.15) is 5.75 Å². The normalized spacial score (nSPS) is 29.5. The van der Waals surface area contributed by atoms with E-state index in [-0.39, 0.29) is 0 Å². The molecule has 126 valence electrons. The van der Waals surface area contributed by atoms with Crippen molar-refractivity contribution in [3.8, 4) is 5.75 Å². The van der Waals surface area contributed by atoms with Crippen LogP contribution in [0.2, 0.25) is 0 Å². The summed E-state index contributed by atoms with van der Waals surface area (Å²) in [5.41, 5.74) is 1.26. The van der Waals surface area contributed by atoms with Crippen LogP contribution in [-0.2, 0) is 0 Å². The lowest BCUT2D eigenvalue weighted by Crippen LogP contribution is -2.50. The average molecular weight is 315 g/mol. The van der Waals surface area contributed by atoms with Gasteiger partial charge in [0, 0.05) is 37.8 Å². The van der Waals surface area contributed by atoms with E-state index in [1.165, 1.54) is 50.9 Å². The van der Waals surface area contributed by atoms with Crippen LogP contribution < -0.4 is 15.0 Å². The van der Waals surface area contributed by atoms with E-state index >= 15 is 0 Å². The van der Waals surface area contributed by atoms with E-state index in [1.54, 1.807) is 7.11 Å². The molecule has 23 heavy (non-hydrogen) atoms. The van der Waals surface area contributed by atoms with Crippen LogP contribution in [0.15, 0.2) is 24.3 Å². The minimum absolute atomic E-state index is 0.776. The minimum atomic E-state index is 0.776. The lowest BCUT2D eigenvalue weighted by atomic mass is 10.00. The molecule has 4 nitrogen and oxygen atoms in total. The highest BCUT2D eigenvalue weighted by Gasteiger charge is 2.40. The molecule has 1 aromatic rings. The number of para-hydroxylation sites is 2. The molecule has 0 amide bonds. The van der Waals surface area contributed by atoms with Crippen LogP contribution in [0.4, 0.5) is 5.69 Å². The first-order valence-electron chi connectivity index (χ1n) is 9.23. The van der Waals surface area contributed by atoms with Gasteiger partial charge < -0.3 is 15.0 Å². The fraction of sp³-hybridized carbons (Fsp3) is 0.684. The van der Waals surface area contributed by atoms with Crippen LogP contribution in [0, 0.1) is 0 Å². The Bertz CT molecular complexity index is 513. The highest BCUT2D eigenvalue weighted by Crippen LogP contribution is 2.35. The second-order valence-electron chi connectivity index (χ2n) is 7.22. The molecule has 2 atom stereocenters. The number of ether oxygens (including phenoxy) is 1. The maximum atomic E-state index is 5.54. The van der Waals surface area contributed by atoms with Gasteiger partial charge in [-0.15, -0.1) is 0 Å². The highest BCUT2D eigenvalue weighted by atomic mass is 16.5. The van der Waals surface area contributed by atoms with E-state index in [0.29, 0.717) is 0 Å². The SMILES string of the molecule is COc1ccccc1N1CCC(N2[C@H]3CCNC[C@@H]2CC3)CC1. The second-order valence-corrected chi connectivity index (χ2v) is 7.22. The van der Waals surface area contributed by atoms with Gasteiger partial charge in [0.2, 0.25) is 0 Å². The predicted octanol–water partition coefficient (Wildman–Crippen LogP) is 2.49. The Labute approximate surface area is 139 Å². The summed E-state index contributed by atoms with van der Waals surface area (Å²) >= 11 is 0. The van der Waals surface area contributed by atoms with E-state index in [9.17, 15) is 0 Å². The van der Waals surface area contributed by atoms with Crippen LogP contribution >= 0.6 is 0 Å². The van der Waals surface area contributed by atoms with Gasteiger partial charge in [-0.2, -0.15) is 0 Å². The Hall–Kier alpha value is -1.26. The number of benzene rings is 1. The Morgan fingerprint density at radius 1 is 0.957 bits per heavy atom. The summed E-state index contributed by atoms with van der Waals surface area (Å²) in [6.07, 6.45) is 6.71. The predicted molar refractivity (Wildman–Crippen MR) is 94.4 cm³/mol. The summed E-state index contributed by atoms with van der Waals surface area (Å²) < 4.78 is 5.54. The average Bonchev–Trinajstić information content (AvgIpc) is 2.88. The molecule has 4 heteroatoms. The fourth-order valence-corrected chi connectivity index (χ4v) is 4.91. The van der Waals surface area contributed by atoms with E-state index in [0.717, 1.165) is 37.0 Å². The number of nitrogens with zero attached hydrogens (tertiary/aromatic N) is 2. The summed E-state index contributed by atoms with van der Waals surface area (Å²) in [4.78, 5) is 5.40. The van der Waals surface area contributed by atoms with Gasteiger partial charge >= 0.3 is 0 Å². The Kier molecular flexibility index (Phi) is 4.45. The van der Waals surface area contributed by atoms with Crippen LogP contribution in [-0.4, -0.2) is 56.3 Å². The van der Waals surface area contributed by atoms with Crippen molar-refractivity contribution in [3.05, 3.63) is 24.3 Å². The highest BCUT2D eigenvalue weighted by molar-refractivity contribution is 5.58. The van der Waals surface area contributed by atoms with Crippen molar-refractivity contribution >= 4 is 5.69 Å². The number of hydrogen-bond acceptors (Lipinski definition) is 4. The second kappa shape index (κ2) is 6.70. The van der Waals surface area contributed by atoms with Crippen molar-refractivity contribution in [2.75, 3.05) is 38.2 Å². The van der Waals surface area contributed by atoms with Crippen LogP contribution in [0.1, 0.15) is 32.1 Å². The summed E-state index contributed by atoms with van der Waals surface area (Å²) in [6.45, 7) is 4.70. The first-order valence-corrected chi connectivity index (χ1v) is 9.23. The number of piperidine rings is 1. The molecular formula is C19H29N3O. The lowest BCUT2D eigenvalue weighted by molar-refractivity contribution is 0.115. The first kappa shape index (κ1) is 15.3. The van der Waals surface area contributed by atoms with E-state index in [2.05, 4.69) is 39.4 Å². The van der Waals surface area contributed by atoms with Crippen LogP contribution in [0.3, 0.4) is 0 Å². The third kappa shape index (κ3) is 2.94. The molecule has 2 bridgehead atoms.